The lowest BCUT2D eigenvalue weighted by Crippen LogP contribution is -2.26. The van der Waals surface area contributed by atoms with Gasteiger partial charge in [-0.1, -0.05) is 0 Å². The summed E-state index contributed by atoms with van der Waals surface area (Å²) in [5.74, 6) is -0.837. The quantitative estimate of drug-likeness (QED) is 0.778. The molecule has 0 aliphatic rings. The van der Waals surface area contributed by atoms with E-state index in [9.17, 15) is 9.59 Å². The molecular formula is C15H17BrN2O4. The van der Waals surface area contributed by atoms with Gasteiger partial charge in [-0.2, -0.15) is 5.10 Å². The van der Waals surface area contributed by atoms with Crippen LogP contribution in [0.3, 0.4) is 0 Å². The van der Waals surface area contributed by atoms with Gasteiger partial charge in [0.15, 0.2) is 0 Å². The number of fused-ring (bicyclic) bond motifs is 1. The summed E-state index contributed by atoms with van der Waals surface area (Å²) >= 11 is 3.35. The largest absolute Gasteiger partial charge is 0.465 e. The summed E-state index contributed by atoms with van der Waals surface area (Å²) in [6.45, 7) is 5.37. The van der Waals surface area contributed by atoms with E-state index < -0.39 is 17.5 Å². The Kier molecular flexibility index (Phi) is 4.55. The smallest absolute Gasteiger partial charge is 0.337 e. The molecule has 118 valence electrons. The van der Waals surface area contributed by atoms with Crippen molar-refractivity contribution < 1.29 is 19.1 Å². The number of esters is 2. The van der Waals surface area contributed by atoms with Crippen molar-refractivity contribution in [3.05, 3.63) is 28.4 Å². The molecule has 2 aromatic rings. The zero-order chi connectivity index (χ0) is 16.5. The Morgan fingerprint density at radius 2 is 2.00 bits per heavy atom. The summed E-state index contributed by atoms with van der Waals surface area (Å²) < 4.78 is 12.1. The van der Waals surface area contributed by atoms with Crippen molar-refractivity contribution in [3.63, 3.8) is 0 Å². The van der Waals surface area contributed by atoms with E-state index in [2.05, 4.69) is 21.0 Å². The van der Waals surface area contributed by atoms with E-state index in [1.165, 1.54) is 11.8 Å². The zero-order valence-corrected chi connectivity index (χ0v) is 14.4. The fourth-order valence-corrected chi connectivity index (χ4v) is 2.52. The maximum absolute atomic E-state index is 12.0. The molecule has 0 N–H and O–H groups in total. The molecule has 0 bridgehead atoms. The first-order valence-electron chi connectivity index (χ1n) is 6.67. The summed E-state index contributed by atoms with van der Waals surface area (Å²) in [5.41, 5.74) is 0.488. The zero-order valence-electron chi connectivity index (χ0n) is 12.8. The number of halogens is 1. The van der Waals surface area contributed by atoms with Gasteiger partial charge in [0.25, 0.3) is 0 Å². The minimum atomic E-state index is -0.561. The molecule has 0 amide bonds. The van der Waals surface area contributed by atoms with Crippen LogP contribution in [0.15, 0.2) is 22.8 Å². The fraction of sp³-hybridized carbons (Fsp3) is 0.400. The molecule has 22 heavy (non-hydrogen) atoms. The van der Waals surface area contributed by atoms with E-state index in [0.717, 1.165) is 5.39 Å². The third kappa shape index (κ3) is 3.65. The molecule has 0 radical (unpaired) electrons. The van der Waals surface area contributed by atoms with Crippen LogP contribution < -0.4 is 0 Å². The molecule has 0 saturated carbocycles. The molecule has 0 aliphatic heterocycles. The fourth-order valence-electron chi connectivity index (χ4n) is 1.99. The number of hydrogen-bond acceptors (Lipinski definition) is 5. The molecule has 0 atom stereocenters. The monoisotopic (exact) mass is 368 g/mol. The molecule has 1 aromatic heterocycles. The summed E-state index contributed by atoms with van der Waals surface area (Å²) in [4.78, 5) is 23.6. The molecule has 1 heterocycles. The Labute approximate surface area is 136 Å². The van der Waals surface area contributed by atoms with Gasteiger partial charge in [-0.05, 0) is 54.9 Å². The third-order valence-electron chi connectivity index (χ3n) is 2.83. The molecule has 2 rings (SSSR count). The highest BCUT2D eigenvalue weighted by atomic mass is 79.9. The summed E-state index contributed by atoms with van der Waals surface area (Å²) in [5, 5.41) is 5.07. The second-order valence-electron chi connectivity index (χ2n) is 5.76. The highest BCUT2D eigenvalue weighted by molar-refractivity contribution is 9.10. The predicted octanol–water partition coefficient (Wildman–Crippen LogP) is 2.93. The van der Waals surface area contributed by atoms with Gasteiger partial charge in [0.1, 0.15) is 16.7 Å². The number of methoxy groups -OCH3 is 1. The molecule has 0 spiro atoms. The molecule has 0 fully saturated rings. The Hall–Kier alpha value is -1.89. The maximum atomic E-state index is 12.0. The van der Waals surface area contributed by atoms with E-state index in [4.69, 9.17) is 9.47 Å². The Bertz CT molecular complexity index is 731. The van der Waals surface area contributed by atoms with Crippen molar-refractivity contribution in [2.45, 2.75) is 32.9 Å². The lowest BCUT2D eigenvalue weighted by atomic mass is 10.1. The number of benzene rings is 1. The second-order valence-corrected chi connectivity index (χ2v) is 6.51. The van der Waals surface area contributed by atoms with Crippen LogP contribution in [0.1, 0.15) is 31.1 Å². The molecular weight excluding hydrogens is 352 g/mol. The van der Waals surface area contributed by atoms with Crippen LogP contribution in [0.4, 0.5) is 0 Å². The normalized spacial score (nSPS) is 11.5. The van der Waals surface area contributed by atoms with Crippen molar-refractivity contribution in [2.24, 2.45) is 0 Å². The van der Waals surface area contributed by atoms with E-state index in [0.29, 0.717) is 15.7 Å². The molecule has 1 aromatic carbocycles. The summed E-state index contributed by atoms with van der Waals surface area (Å²) in [6, 6.07) is 5.05. The van der Waals surface area contributed by atoms with E-state index in [1.54, 1.807) is 39.0 Å². The number of carbonyl (C=O) groups is 2. The van der Waals surface area contributed by atoms with Gasteiger partial charge < -0.3 is 9.47 Å². The third-order valence-corrected chi connectivity index (χ3v) is 3.41. The van der Waals surface area contributed by atoms with Gasteiger partial charge in [-0.25, -0.2) is 4.79 Å². The van der Waals surface area contributed by atoms with E-state index >= 15 is 0 Å². The highest BCUT2D eigenvalue weighted by Gasteiger charge is 2.19. The second kappa shape index (κ2) is 6.08. The van der Waals surface area contributed by atoms with Crippen LogP contribution in [0.25, 0.3) is 10.9 Å². The van der Waals surface area contributed by atoms with Crippen molar-refractivity contribution in [2.75, 3.05) is 7.11 Å². The number of rotatable bonds is 3. The minimum Gasteiger partial charge on any atom is -0.465 e. The average molecular weight is 369 g/mol. The first kappa shape index (κ1) is 16.5. The van der Waals surface area contributed by atoms with Crippen LogP contribution in [-0.4, -0.2) is 34.4 Å². The van der Waals surface area contributed by atoms with E-state index in [-0.39, 0.29) is 6.54 Å². The van der Waals surface area contributed by atoms with Gasteiger partial charge in [-0.3, -0.25) is 9.48 Å². The van der Waals surface area contributed by atoms with Crippen LogP contribution >= 0.6 is 15.9 Å². The van der Waals surface area contributed by atoms with Gasteiger partial charge in [0.2, 0.25) is 0 Å². The number of hydrogen-bond donors (Lipinski definition) is 0. The number of nitrogens with zero attached hydrogens (tertiary/aromatic N) is 2. The van der Waals surface area contributed by atoms with Crippen LogP contribution in [0.2, 0.25) is 0 Å². The van der Waals surface area contributed by atoms with Crippen molar-refractivity contribution in [1.82, 2.24) is 9.78 Å². The standard InChI is InChI=1S/C15H17BrN2O4/c1-15(2,3)22-12(19)8-18-11-7-9(14(20)21-4)5-6-10(11)13(16)17-18/h5-7H,8H2,1-4H3. The van der Waals surface area contributed by atoms with Crippen molar-refractivity contribution in [1.29, 1.82) is 0 Å². The molecule has 0 aliphatic carbocycles. The number of ether oxygens (including phenoxy) is 2. The maximum Gasteiger partial charge on any atom is 0.337 e. The van der Waals surface area contributed by atoms with Crippen LogP contribution in [0, 0.1) is 0 Å². The topological polar surface area (TPSA) is 70.4 Å². The van der Waals surface area contributed by atoms with Gasteiger partial charge in [0.05, 0.1) is 18.2 Å². The van der Waals surface area contributed by atoms with Crippen molar-refractivity contribution >= 4 is 38.8 Å². The first-order valence-corrected chi connectivity index (χ1v) is 7.47. The SMILES string of the molecule is COC(=O)c1ccc2c(Br)nn(CC(=O)OC(C)(C)C)c2c1. The van der Waals surface area contributed by atoms with Crippen LogP contribution in [0.5, 0.6) is 0 Å². The Morgan fingerprint density at radius 1 is 1.32 bits per heavy atom. The van der Waals surface area contributed by atoms with Gasteiger partial charge >= 0.3 is 11.9 Å². The van der Waals surface area contributed by atoms with Gasteiger partial charge in [0, 0.05) is 5.39 Å². The highest BCUT2D eigenvalue weighted by Crippen LogP contribution is 2.25. The molecule has 7 heteroatoms. The van der Waals surface area contributed by atoms with Gasteiger partial charge in [-0.15, -0.1) is 0 Å². The van der Waals surface area contributed by atoms with Crippen LogP contribution in [-0.2, 0) is 20.8 Å². The predicted molar refractivity (Wildman–Crippen MR) is 84.6 cm³/mol. The minimum absolute atomic E-state index is 0.0377. The average Bonchev–Trinajstić information content (AvgIpc) is 2.72. The first-order chi connectivity index (χ1) is 10.2. The Balaban J connectivity index is 2.37. The van der Waals surface area contributed by atoms with Crippen molar-refractivity contribution in [3.8, 4) is 0 Å². The van der Waals surface area contributed by atoms with E-state index in [1.807, 2.05) is 0 Å². The molecule has 6 nitrogen and oxygen atoms in total. The lowest BCUT2D eigenvalue weighted by Gasteiger charge is -2.19. The summed E-state index contributed by atoms with van der Waals surface area (Å²) in [7, 11) is 1.32. The lowest BCUT2D eigenvalue weighted by molar-refractivity contribution is -0.155. The summed E-state index contributed by atoms with van der Waals surface area (Å²) in [6.07, 6.45) is 0. The Morgan fingerprint density at radius 3 is 2.59 bits per heavy atom. The molecule has 0 unspecified atom stereocenters. The molecule has 0 saturated heterocycles. The number of carbonyl (C=O) groups excluding carboxylic acids is 2. The number of aromatic nitrogens is 2.